The van der Waals surface area contributed by atoms with Gasteiger partial charge in [-0.2, -0.15) is 0 Å². The molecule has 0 fully saturated rings. The number of aliphatic hydroxyl groups is 1. The van der Waals surface area contributed by atoms with Crippen molar-refractivity contribution in [3.63, 3.8) is 0 Å². The fourth-order valence-electron chi connectivity index (χ4n) is 7.05. The van der Waals surface area contributed by atoms with Gasteiger partial charge in [0.2, 0.25) is 0 Å². The average molecular weight is 854 g/mol. The number of hydrogen-bond acceptors (Lipinski definition) is 8. The van der Waals surface area contributed by atoms with Crippen molar-refractivity contribution in [1.29, 1.82) is 0 Å². The van der Waals surface area contributed by atoms with E-state index in [0.29, 0.717) is 46.1 Å². The molecule has 57 heavy (non-hydrogen) atoms. The van der Waals surface area contributed by atoms with Crippen molar-refractivity contribution in [2.75, 3.05) is 65.8 Å². The molecule has 0 aromatic heterocycles. The van der Waals surface area contributed by atoms with Crippen LogP contribution < -0.4 is 10.2 Å². The zero-order valence-electron chi connectivity index (χ0n) is 38.2. The summed E-state index contributed by atoms with van der Waals surface area (Å²) in [5, 5.41) is 15.9. The second kappa shape index (κ2) is 44.2. The van der Waals surface area contributed by atoms with Crippen LogP contribution in [0.4, 0.5) is 0 Å². The Kier molecular flexibility index (Phi) is 44.3. The third-order valence-electron chi connectivity index (χ3n) is 10.7. The van der Waals surface area contributed by atoms with E-state index in [1.54, 1.807) is 0 Å². The van der Waals surface area contributed by atoms with Crippen molar-refractivity contribution in [3.05, 3.63) is 0 Å². The monoisotopic (exact) mass is 854 g/mol. The predicted molar refractivity (Wildman–Crippen MR) is 244 cm³/mol. The van der Waals surface area contributed by atoms with Gasteiger partial charge in [0.25, 0.3) is 0 Å². The molecule has 2 atom stereocenters. The molecular weight excluding hydrogens is 756 g/mol. The van der Waals surface area contributed by atoms with Crippen molar-refractivity contribution in [2.24, 2.45) is 0 Å². The van der Waals surface area contributed by atoms with Crippen LogP contribution in [0.2, 0.25) is 0 Å². The summed E-state index contributed by atoms with van der Waals surface area (Å²) in [4.78, 5) is 2.34. The van der Waals surface area contributed by atoms with Gasteiger partial charge in [-0.05, 0) is 71.4 Å². The maximum absolute atomic E-state index is 13.5. The molecule has 0 aromatic rings. The standard InChI is InChI=1S/C45H97N3O7P2/c1-5-9-12-15-18-19-21-25-30-37-46-56(50,52-8-4)53-45-36-29-33-40-48(41-42-49)39-32-26-23-28-35-44-55-57(51,47-38-31-24-20-16-13-10-6-2)54-43-34-27-22-17-14-11-7-3/h49H,5-45H2,1-4H3,(H,46,50)(H,47,51). The molecule has 0 saturated heterocycles. The molecule has 10 nitrogen and oxygen atoms in total. The van der Waals surface area contributed by atoms with Gasteiger partial charge in [0.05, 0.1) is 33.0 Å². The number of nitrogens with one attached hydrogen (secondary N) is 2. The summed E-state index contributed by atoms with van der Waals surface area (Å²) >= 11 is 0. The minimum atomic E-state index is -3.29. The van der Waals surface area contributed by atoms with E-state index in [1.165, 1.54) is 109 Å². The number of rotatable bonds is 49. The Bertz CT molecular complexity index is 881. The van der Waals surface area contributed by atoms with Crippen LogP contribution >= 0.6 is 15.5 Å². The van der Waals surface area contributed by atoms with E-state index in [1.807, 2.05) is 6.92 Å². The van der Waals surface area contributed by atoms with Gasteiger partial charge < -0.3 is 10.0 Å². The van der Waals surface area contributed by atoms with Gasteiger partial charge in [0.1, 0.15) is 0 Å². The second-order valence-electron chi connectivity index (χ2n) is 16.2. The van der Waals surface area contributed by atoms with E-state index < -0.39 is 15.5 Å². The van der Waals surface area contributed by atoms with Crippen LogP contribution in [-0.4, -0.2) is 75.8 Å². The third kappa shape index (κ3) is 40.0. The van der Waals surface area contributed by atoms with Crippen molar-refractivity contribution in [3.8, 4) is 0 Å². The zero-order chi connectivity index (χ0) is 41.8. The van der Waals surface area contributed by atoms with Crippen molar-refractivity contribution in [1.82, 2.24) is 15.1 Å². The highest BCUT2D eigenvalue weighted by molar-refractivity contribution is 7.51. The van der Waals surface area contributed by atoms with Gasteiger partial charge in [-0.25, -0.2) is 19.3 Å². The molecule has 0 aliphatic carbocycles. The lowest BCUT2D eigenvalue weighted by molar-refractivity contribution is 0.183. The molecule has 0 aliphatic rings. The van der Waals surface area contributed by atoms with Crippen LogP contribution in [0.3, 0.4) is 0 Å². The Morgan fingerprint density at radius 3 is 1.04 bits per heavy atom. The van der Waals surface area contributed by atoms with Crippen LogP contribution in [0.5, 0.6) is 0 Å². The molecule has 0 aromatic carbocycles. The molecule has 2 unspecified atom stereocenters. The molecule has 344 valence electrons. The first-order valence-electron chi connectivity index (χ1n) is 24.5. The lowest BCUT2D eigenvalue weighted by atomic mass is 10.1. The maximum atomic E-state index is 13.5. The molecule has 0 amide bonds. The lowest BCUT2D eigenvalue weighted by Crippen LogP contribution is -2.29. The highest BCUT2D eigenvalue weighted by Gasteiger charge is 2.24. The second-order valence-corrected chi connectivity index (χ2v) is 19.8. The summed E-state index contributed by atoms with van der Waals surface area (Å²) in [6.07, 6.45) is 36.3. The Hall–Kier alpha value is 0.140. The van der Waals surface area contributed by atoms with Gasteiger partial charge in [-0.1, -0.05) is 168 Å². The first-order valence-corrected chi connectivity index (χ1v) is 27.6. The van der Waals surface area contributed by atoms with Crippen LogP contribution in [0, 0.1) is 0 Å². The molecule has 0 rings (SSSR count). The van der Waals surface area contributed by atoms with Crippen molar-refractivity contribution < 1.29 is 32.3 Å². The highest BCUT2D eigenvalue weighted by Crippen LogP contribution is 2.44. The van der Waals surface area contributed by atoms with E-state index in [0.717, 1.165) is 103 Å². The summed E-state index contributed by atoms with van der Waals surface area (Å²) in [6, 6.07) is 0. The van der Waals surface area contributed by atoms with Gasteiger partial charge in [0, 0.05) is 19.6 Å². The largest absolute Gasteiger partial charge is 0.405 e. The first-order chi connectivity index (χ1) is 27.9. The molecule has 3 N–H and O–H groups in total. The van der Waals surface area contributed by atoms with Crippen LogP contribution in [0.15, 0.2) is 0 Å². The number of hydrogen-bond donors (Lipinski definition) is 3. The minimum absolute atomic E-state index is 0.163. The average Bonchev–Trinajstić information content (AvgIpc) is 3.20. The summed E-state index contributed by atoms with van der Waals surface area (Å²) in [5.74, 6) is 0. The van der Waals surface area contributed by atoms with Gasteiger partial charge >= 0.3 is 15.5 Å². The SMILES string of the molecule is CCCCCCCCCCCNP(=O)(OCC)OCCCCCN(CCO)CCCCCCCOP(=O)(NCCCCCCCCC)OCCCCCCCCC. The number of nitrogens with zero attached hydrogens (tertiary/aromatic N) is 1. The van der Waals surface area contributed by atoms with Crippen molar-refractivity contribution in [2.45, 2.75) is 227 Å². The lowest BCUT2D eigenvalue weighted by Gasteiger charge is -2.21. The number of aliphatic hydroxyl groups excluding tert-OH is 1. The van der Waals surface area contributed by atoms with E-state index in [2.05, 4.69) is 35.8 Å². The maximum Gasteiger partial charge on any atom is 0.405 e. The van der Waals surface area contributed by atoms with Crippen molar-refractivity contribution >= 4 is 15.5 Å². The Morgan fingerprint density at radius 1 is 0.386 bits per heavy atom. The molecular formula is C45H97N3O7P2. The van der Waals surface area contributed by atoms with Crippen LogP contribution in [-0.2, 0) is 27.2 Å². The molecule has 0 saturated carbocycles. The molecule has 0 bridgehead atoms. The van der Waals surface area contributed by atoms with Gasteiger partial charge in [-0.15, -0.1) is 0 Å². The minimum Gasteiger partial charge on any atom is -0.395 e. The van der Waals surface area contributed by atoms with E-state index in [4.69, 9.17) is 18.1 Å². The van der Waals surface area contributed by atoms with Gasteiger partial charge in [-0.3, -0.25) is 18.1 Å². The Labute approximate surface area is 354 Å². The summed E-state index contributed by atoms with van der Waals surface area (Å²) < 4.78 is 49.7. The van der Waals surface area contributed by atoms with E-state index >= 15 is 0 Å². The smallest absolute Gasteiger partial charge is 0.395 e. The molecule has 0 heterocycles. The zero-order valence-corrected chi connectivity index (χ0v) is 40.0. The van der Waals surface area contributed by atoms with Crippen LogP contribution in [0.25, 0.3) is 0 Å². The molecule has 0 radical (unpaired) electrons. The summed E-state index contributed by atoms with van der Waals surface area (Å²) in [6.45, 7) is 14.4. The van der Waals surface area contributed by atoms with Gasteiger partial charge in [0.15, 0.2) is 0 Å². The third-order valence-corrected chi connectivity index (χ3v) is 14.0. The quantitative estimate of drug-likeness (QED) is 0.0403. The Morgan fingerprint density at radius 2 is 0.684 bits per heavy atom. The topological polar surface area (TPSA) is 119 Å². The highest BCUT2D eigenvalue weighted by atomic mass is 31.2. The predicted octanol–water partition coefficient (Wildman–Crippen LogP) is 13.9. The Balaban J connectivity index is 4.25. The fourth-order valence-corrected chi connectivity index (χ4v) is 9.88. The normalized spacial score (nSPS) is 14.1. The molecule has 0 spiro atoms. The number of unbranched alkanes of at least 4 members (excludes halogenated alkanes) is 26. The first kappa shape index (κ1) is 57.1. The molecule has 12 heteroatoms. The summed E-state index contributed by atoms with van der Waals surface area (Å²) in [5.41, 5.74) is 0. The van der Waals surface area contributed by atoms with E-state index in [9.17, 15) is 14.2 Å². The summed E-state index contributed by atoms with van der Waals surface area (Å²) in [7, 11) is -6.54. The fraction of sp³-hybridized carbons (Fsp3) is 1.00. The van der Waals surface area contributed by atoms with Crippen LogP contribution in [0.1, 0.15) is 227 Å². The van der Waals surface area contributed by atoms with E-state index in [-0.39, 0.29) is 6.61 Å². The molecule has 0 aliphatic heterocycles.